The predicted octanol–water partition coefficient (Wildman–Crippen LogP) is 4.94. The van der Waals surface area contributed by atoms with Crippen molar-refractivity contribution in [1.29, 1.82) is 0 Å². The maximum absolute atomic E-state index is 11.9. The second-order valence-electron chi connectivity index (χ2n) is 3.98. The van der Waals surface area contributed by atoms with Crippen molar-refractivity contribution < 1.29 is 4.79 Å². The quantitative estimate of drug-likeness (QED) is 0.827. The zero-order valence-corrected chi connectivity index (χ0v) is 12.9. The average molecular weight is 359 g/mol. The lowest BCUT2D eigenvalue weighted by Gasteiger charge is -2.06. The van der Waals surface area contributed by atoms with E-state index < -0.39 is 0 Å². The van der Waals surface area contributed by atoms with Gasteiger partial charge in [0.15, 0.2) is 0 Å². The molecule has 19 heavy (non-hydrogen) atoms. The van der Waals surface area contributed by atoms with Gasteiger partial charge in [0.25, 0.3) is 0 Å². The molecule has 0 unspecified atom stereocenters. The Kier molecular flexibility index (Phi) is 4.86. The highest BCUT2D eigenvalue weighted by molar-refractivity contribution is 9.10. The molecule has 0 heterocycles. The van der Waals surface area contributed by atoms with E-state index in [9.17, 15) is 4.79 Å². The van der Waals surface area contributed by atoms with E-state index in [4.69, 9.17) is 23.2 Å². The average Bonchev–Trinajstić information content (AvgIpc) is 2.37. The van der Waals surface area contributed by atoms with E-state index in [1.165, 1.54) is 0 Å². The Morgan fingerprint density at radius 1 is 1.05 bits per heavy atom. The van der Waals surface area contributed by atoms with E-state index in [1.807, 2.05) is 24.3 Å². The third-order valence-corrected chi connectivity index (χ3v) is 3.74. The summed E-state index contributed by atoms with van der Waals surface area (Å²) in [5.74, 6) is -0.0966. The van der Waals surface area contributed by atoms with Crippen LogP contribution in [-0.2, 0) is 11.2 Å². The fourth-order valence-electron chi connectivity index (χ4n) is 1.57. The summed E-state index contributed by atoms with van der Waals surface area (Å²) < 4.78 is 0.968. The first-order valence-electron chi connectivity index (χ1n) is 5.54. The van der Waals surface area contributed by atoms with Crippen molar-refractivity contribution in [1.82, 2.24) is 0 Å². The third-order valence-electron chi connectivity index (χ3n) is 2.48. The Morgan fingerprint density at radius 2 is 1.74 bits per heavy atom. The molecule has 2 aromatic carbocycles. The van der Waals surface area contributed by atoms with Gasteiger partial charge in [-0.15, -0.1) is 0 Å². The molecule has 0 bridgehead atoms. The highest BCUT2D eigenvalue weighted by atomic mass is 79.9. The fraction of sp³-hybridized carbons (Fsp3) is 0.0714. The van der Waals surface area contributed by atoms with E-state index in [0.717, 1.165) is 15.7 Å². The summed E-state index contributed by atoms with van der Waals surface area (Å²) in [6.07, 6.45) is 0.257. The van der Waals surface area contributed by atoms with Crippen molar-refractivity contribution in [3.8, 4) is 0 Å². The Hall–Kier alpha value is -1.03. The normalized spacial score (nSPS) is 10.3. The maximum atomic E-state index is 11.9. The van der Waals surface area contributed by atoms with Crippen LogP contribution in [0.5, 0.6) is 0 Å². The van der Waals surface area contributed by atoms with Gasteiger partial charge in [-0.1, -0.05) is 45.2 Å². The number of carbonyl (C=O) groups excluding carboxylic acids is 1. The van der Waals surface area contributed by atoms with Gasteiger partial charge in [-0.25, -0.2) is 0 Å². The molecule has 0 saturated heterocycles. The third kappa shape index (κ3) is 4.23. The van der Waals surface area contributed by atoms with Crippen LogP contribution in [0.1, 0.15) is 5.56 Å². The smallest absolute Gasteiger partial charge is 0.228 e. The summed E-state index contributed by atoms with van der Waals surface area (Å²) in [7, 11) is 0. The number of anilines is 1. The van der Waals surface area contributed by atoms with Crippen LogP contribution in [0.2, 0.25) is 10.0 Å². The topological polar surface area (TPSA) is 29.1 Å². The summed E-state index contributed by atoms with van der Waals surface area (Å²) in [5, 5.41) is 3.76. The minimum Gasteiger partial charge on any atom is -0.326 e. The van der Waals surface area contributed by atoms with Gasteiger partial charge in [0, 0.05) is 10.2 Å². The standard InChI is InChI=1S/C14H10BrCl2NO/c15-10-2-4-11(5-3-10)18-14(19)8-9-1-6-12(16)13(17)7-9/h1-7H,8H2,(H,18,19). The molecule has 0 fully saturated rings. The molecule has 0 aliphatic carbocycles. The van der Waals surface area contributed by atoms with E-state index in [1.54, 1.807) is 18.2 Å². The van der Waals surface area contributed by atoms with Crippen molar-refractivity contribution in [3.63, 3.8) is 0 Å². The molecule has 1 amide bonds. The first-order valence-corrected chi connectivity index (χ1v) is 7.09. The van der Waals surface area contributed by atoms with Gasteiger partial charge < -0.3 is 5.32 Å². The molecule has 1 N–H and O–H groups in total. The van der Waals surface area contributed by atoms with Crippen LogP contribution in [0.4, 0.5) is 5.69 Å². The minimum absolute atomic E-state index is 0.0966. The molecule has 98 valence electrons. The number of nitrogens with one attached hydrogen (secondary N) is 1. The largest absolute Gasteiger partial charge is 0.326 e. The van der Waals surface area contributed by atoms with Crippen LogP contribution in [0.15, 0.2) is 46.9 Å². The lowest BCUT2D eigenvalue weighted by Crippen LogP contribution is -2.14. The van der Waals surface area contributed by atoms with Crippen molar-refractivity contribution in [2.45, 2.75) is 6.42 Å². The van der Waals surface area contributed by atoms with Crippen LogP contribution in [0, 0.1) is 0 Å². The number of carbonyl (C=O) groups is 1. The van der Waals surface area contributed by atoms with Crippen LogP contribution < -0.4 is 5.32 Å². The summed E-state index contributed by atoms with van der Waals surface area (Å²) in [5.41, 5.74) is 1.58. The lowest BCUT2D eigenvalue weighted by molar-refractivity contribution is -0.115. The Labute approximate surface area is 129 Å². The maximum Gasteiger partial charge on any atom is 0.228 e. The summed E-state index contributed by atoms with van der Waals surface area (Å²) in [6, 6.07) is 12.6. The van der Waals surface area contributed by atoms with Crippen LogP contribution in [-0.4, -0.2) is 5.91 Å². The Balaban J connectivity index is 2.01. The minimum atomic E-state index is -0.0966. The van der Waals surface area contributed by atoms with E-state index in [2.05, 4.69) is 21.2 Å². The van der Waals surface area contributed by atoms with Crippen LogP contribution in [0.3, 0.4) is 0 Å². The second kappa shape index (κ2) is 6.42. The number of hydrogen-bond acceptors (Lipinski definition) is 1. The number of rotatable bonds is 3. The monoisotopic (exact) mass is 357 g/mol. The van der Waals surface area contributed by atoms with Crippen molar-refractivity contribution in [3.05, 3.63) is 62.5 Å². The molecule has 0 atom stereocenters. The Bertz CT molecular complexity index is 599. The van der Waals surface area contributed by atoms with Crippen molar-refractivity contribution in [2.24, 2.45) is 0 Å². The number of hydrogen-bond donors (Lipinski definition) is 1. The number of benzene rings is 2. The van der Waals surface area contributed by atoms with E-state index in [0.29, 0.717) is 10.0 Å². The van der Waals surface area contributed by atoms with Crippen LogP contribution in [0.25, 0.3) is 0 Å². The summed E-state index contributed by atoms with van der Waals surface area (Å²) in [6.45, 7) is 0. The molecule has 0 aromatic heterocycles. The fourth-order valence-corrected chi connectivity index (χ4v) is 2.16. The summed E-state index contributed by atoms with van der Waals surface area (Å²) in [4.78, 5) is 11.9. The molecule has 0 aliphatic heterocycles. The molecule has 5 heteroatoms. The molecule has 2 aromatic rings. The van der Waals surface area contributed by atoms with E-state index in [-0.39, 0.29) is 12.3 Å². The highest BCUT2D eigenvalue weighted by Crippen LogP contribution is 2.23. The zero-order valence-electron chi connectivity index (χ0n) is 9.79. The van der Waals surface area contributed by atoms with Gasteiger partial charge in [0.05, 0.1) is 16.5 Å². The summed E-state index contributed by atoms with van der Waals surface area (Å²) >= 11 is 15.1. The zero-order chi connectivity index (χ0) is 13.8. The van der Waals surface area contributed by atoms with Crippen molar-refractivity contribution in [2.75, 3.05) is 5.32 Å². The molecule has 0 saturated carbocycles. The molecular formula is C14H10BrCl2NO. The van der Waals surface area contributed by atoms with Gasteiger partial charge in [0.2, 0.25) is 5.91 Å². The predicted molar refractivity (Wildman–Crippen MR) is 82.9 cm³/mol. The lowest BCUT2D eigenvalue weighted by atomic mass is 10.1. The van der Waals surface area contributed by atoms with E-state index >= 15 is 0 Å². The van der Waals surface area contributed by atoms with Crippen LogP contribution >= 0.6 is 39.1 Å². The van der Waals surface area contributed by atoms with Crippen molar-refractivity contribution >= 4 is 50.7 Å². The SMILES string of the molecule is O=C(Cc1ccc(Cl)c(Cl)c1)Nc1ccc(Br)cc1. The van der Waals surface area contributed by atoms with Gasteiger partial charge in [-0.3, -0.25) is 4.79 Å². The molecule has 2 rings (SSSR count). The molecule has 2 nitrogen and oxygen atoms in total. The number of amides is 1. The molecule has 0 spiro atoms. The molecule has 0 radical (unpaired) electrons. The first-order chi connectivity index (χ1) is 9.04. The van der Waals surface area contributed by atoms with Gasteiger partial charge in [-0.2, -0.15) is 0 Å². The second-order valence-corrected chi connectivity index (χ2v) is 5.71. The Morgan fingerprint density at radius 3 is 2.37 bits per heavy atom. The number of halogens is 3. The molecular weight excluding hydrogens is 349 g/mol. The molecule has 0 aliphatic rings. The highest BCUT2D eigenvalue weighted by Gasteiger charge is 2.06. The van der Waals surface area contributed by atoms with Gasteiger partial charge in [-0.05, 0) is 42.0 Å². The van der Waals surface area contributed by atoms with Gasteiger partial charge >= 0.3 is 0 Å². The van der Waals surface area contributed by atoms with Gasteiger partial charge in [0.1, 0.15) is 0 Å². The first kappa shape index (κ1) is 14.4.